The predicted octanol–water partition coefficient (Wildman–Crippen LogP) is 1.42. The van der Waals surface area contributed by atoms with Crippen LogP contribution in [0.15, 0.2) is 30.3 Å². The van der Waals surface area contributed by atoms with Gasteiger partial charge in [-0.2, -0.15) is 0 Å². The van der Waals surface area contributed by atoms with Crippen molar-refractivity contribution in [3.8, 4) is 0 Å². The van der Waals surface area contributed by atoms with E-state index in [0.717, 1.165) is 18.4 Å². The molecule has 1 saturated heterocycles. The molecule has 1 heterocycles. The highest BCUT2D eigenvalue weighted by atomic mass is 16.5. The molecule has 1 aliphatic carbocycles. The molecule has 3 rings (SSSR count). The number of benzene rings is 1. The van der Waals surface area contributed by atoms with Gasteiger partial charge >= 0.3 is 5.97 Å². The Morgan fingerprint density at radius 1 is 1.29 bits per heavy atom. The van der Waals surface area contributed by atoms with Gasteiger partial charge in [-0.15, -0.1) is 0 Å². The fourth-order valence-corrected chi connectivity index (χ4v) is 2.93. The van der Waals surface area contributed by atoms with Gasteiger partial charge in [0.2, 0.25) is 5.91 Å². The maximum atomic E-state index is 12.2. The first kappa shape index (κ1) is 16.5. The van der Waals surface area contributed by atoms with Gasteiger partial charge in [-0.05, 0) is 25.3 Å². The first-order valence-corrected chi connectivity index (χ1v) is 8.35. The zero-order chi connectivity index (χ0) is 17.1. The summed E-state index contributed by atoms with van der Waals surface area (Å²) in [5, 5.41) is 2.76. The van der Waals surface area contributed by atoms with Crippen molar-refractivity contribution in [2.45, 2.75) is 38.3 Å². The molecule has 2 aliphatic rings. The number of ether oxygens (including phenoxy) is 1. The molecule has 1 saturated carbocycles. The van der Waals surface area contributed by atoms with E-state index in [1.165, 1.54) is 0 Å². The number of nitrogens with zero attached hydrogens (tertiary/aromatic N) is 1. The fourth-order valence-electron chi connectivity index (χ4n) is 2.93. The third-order valence-corrected chi connectivity index (χ3v) is 4.53. The first-order valence-electron chi connectivity index (χ1n) is 8.35. The normalized spacial score (nSPS) is 21.5. The van der Waals surface area contributed by atoms with Crippen LogP contribution < -0.4 is 5.32 Å². The highest BCUT2D eigenvalue weighted by Crippen LogP contribution is 2.29. The van der Waals surface area contributed by atoms with E-state index >= 15 is 0 Å². The van der Waals surface area contributed by atoms with Crippen molar-refractivity contribution in [2.24, 2.45) is 5.92 Å². The highest BCUT2D eigenvalue weighted by molar-refractivity contribution is 5.88. The average Bonchev–Trinajstić information content (AvgIpc) is 3.31. The molecule has 0 unspecified atom stereocenters. The standard InChI is InChI=1S/C18H22N2O4/c1-12(13-5-3-2-4-6-13)20-10-14(9-17(20)22)18(23)24-11-16(21)19-15-7-8-15/h2-6,12,14-15H,7-11H2,1H3,(H,19,21)/t12-,14-/m1/s1. The van der Waals surface area contributed by atoms with Crippen molar-refractivity contribution in [1.29, 1.82) is 0 Å². The minimum absolute atomic E-state index is 0.0595. The summed E-state index contributed by atoms with van der Waals surface area (Å²) in [6, 6.07) is 9.86. The van der Waals surface area contributed by atoms with Gasteiger partial charge in [-0.25, -0.2) is 0 Å². The molecule has 0 radical (unpaired) electrons. The summed E-state index contributed by atoms with van der Waals surface area (Å²) < 4.78 is 5.07. The second-order valence-corrected chi connectivity index (χ2v) is 6.48. The van der Waals surface area contributed by atoms with E-state index in [-0.39, 0.29) is 36.9 Å². The van der Waals surface area contributed by atoms with Crippen LogP contribution in [-0.4, -0.2) is 41.9 Å². The molecule has 6 heteroatoms. The lowest BCUT2D eigenvalue weighted by molar-refractivity contribution is -0.152. The Morgan fingerprint density at radius 2 is 2.00 bits per heavy atom. The molecule has 0 bridgehead atoms. The molecule has 2 fully saturated rings. The molecule has 2 amide bonds. The molecule has 1 aliphatic heterocycles. The van der Waals surface area contributed by atoms with Crippen LogP contribution in [0.25, 0.3) is 0 Å². The minimum Gasteiger partial charge on any atom is -0.455 e. The Balaban J connectivity index is 1.51. The molecule has 1 aromatic carbocycles. The molecular formula is C18H22N2O4. The van der Waals surface area contributed by atoms with Crippen molar-refractivity contribution in [3.63, 3.8) is 0 Å². The highest BCUT2D eigenvalue weighted by Gasteiger charge is 2.38. The molecule has 128 valence electrons. The first-order chi connectivity index (χ1) is 11.5. The molecule has 6 nitrogen and oxygen atoms in total. The summed E-state index contributed by atoms with van der Waals surface area (Å²) in [6.07, 6.45) is 2.12. The Kier molecular flexibility index (Phi) is 4.83. The zero-order valence-electron chi connectivity index (χ0n) is 13.7. The van der Waals surface area contributed by atoms with Gasteiger partial charge in [0.05, 0.1) is 12.0 Å². The van der Waals surface area contributed by atoms with Crippen molar-refractivity contribution in [1.82, 2.24) is 10.2 Å². The van der Waals surface area contributed by atoms with Crippen molar-refractivity contribution < 1.29 is 19.1 Å². The Bertz CT molecular complexity index is 627. The van der Waals surface area contributed by atoms with Gasteiger partial charge in [0.25, 0.3) is 5.91 Å². The Labute approximate surface area is 141 Å². The monoisotopic (exact) mass is 330 g/mol. The van der Waals surface area contributed by atoms with E-state index in [1.54, 1.807) is 4.90 Å². The molecule has 0 spiro atoms. The molecule has 24 heavy (non-hydrogen) atoms. The van der Waals surface area contributed by atoms with Crippen LogP contribution in [0.2, 0.25) is 0 Å². The summed E-state index contributed by atoms with van der Waals surface area (Å²) in [6.45, 7) is 2.01. The van der Waals surface area contributed by atoms with Gasteiger partial charge in [-0.3, -0.25) is 14.4 Å². The fraction of sp³-hybridized carbons (Fsp3) is 0.500. The maximum absolute atomic E-state index is 12.2. The van der Waals surface area contributed by atoms with Crippen LogP contribution in [0.3, 0.4) is 0 Å². The predicted molar refractivity (Wildman–Crippen MR) is 86.8 cm³/mol. The lowest BCUT2D eigenvalue weighted by Gasteiger charge is -2.25. The summed E-state index contributed by atoms with van der Waals surface area (Å²) in [5.74, 6) is -1.31. The zero-order valence-corrected chi connectivity index (χ0v) is 13.7. The quantitative estimate of drug-likeness (QED) is 0.801. The van der Waals surface area contributed by atoms with E-state index in [4.69, 9.17) is 4.74 Å². The number of nitrogens with one attached hydrogen (secondary N) is 1. The van der Waals surface area contributed by atoms with E-state index < -0.39 is 11.9 Å². The summed E-state index contributed by atoms with van der Waals surface area (Å²) in [5.41, 5.74) is 1.03. The molecule has 0 aromatic heterocycles. The number of hydrogen-bond acceptors (Lipinski definition) is 4. The van der Waals surface area contributed by atoms with Crippen LogP contribution in [0.1, 0.15) is 37.8 Å². The number of carbonyl (C=O) groups excluding carboxylic acids is 3. The second kappa shape index (κ2) is 7.03. The van der Waals surface area contributed by atoms with Crippen molar-refractivity contribution in [3.05, 3.63) is 35.9 Å². The summed E-state index contributed by atoms with van der Waals surface area (Å²) in [7, 11) is 0. The van der Waals surface area contributed by atoms with Gasteiger partial charge in [0.15, 0.2) is 6.61 Å². The number of rotatable bonds is 6. The summed E-state index contributed by atoms with van der Waals surface area (Å²) in [4.78, 5) is 37.6. The van der Waals surface area contributed by atoms with Crippen LogP contribution in [0.5, 0.6) is 0 Å². The van der Waals surface area contributed by atoms with Crippen LogP contribution >= 0.6 is 0 Å². The van der Waals surface area contributed by atoms with Crippen LogP contribution in [0.4, 0.5) is 0 Å². The van der Waals surface area contributed by atoms with E-state index in [0.29, 0.717) is 6.54 Å². The topological polar surface area (TPSA) is 75.7 Å². The van der Waals surface area contributed by atoms with Gasteiger partial charge in [-0.1, -0.05) is 30.3 Å². The van der Waals surface area contributed by atoms with Crippen LogP contribution in [-0.2, 0) is 19.1 Å². The largest absolute Gasteiger partial charge is 0.455 e. The molecule has 1 N–H and O–H groups in total. The van der Waals surface area contributed by atoms with E-state index in [2.05, 4.69) is 5.32 Å². The third-order valence-electron chi connectivity index (χ3n) is 4.53. The van der Waals surface area contributed by atoms with E-state index in [1.807, 2.05) is 37.3 Å². The number of likely N-dealkylation sites (tertiary alicyclic amines) is 1. The smallest absolute Gasteiger partial charge is 0.311 e. The second-order valence-electron chi connectivity index (χ2n) is 6.48. The average molecular weight is 330 g/mol. The lowest BCUT2D eigenvalue weighted by atomic mass is 10.1. The number of hydrogen-bond donors (Lipinski definition) is 1. The number of esters is 1. The third kappa shape index (κ3) is 3.93. The van der Waals surface area contributed by atoms with Crippen molar-refractivity contribution in [2.75, 3.05) is 13.2 Å². The Morgan fingerprint density at radius 3 is 2.67 bits per heavy atom. The number of carbonyl (C=O) groups is 3. The van der Waals surface area contributed by atoms with Crippen LogP contribution in [0, 0.1) is 5.92 Å². The van der Waals surface area contributed by atoms with E-state index in [9.17, 15) is 14.4 Å². The lowest BCUT2D eigenvalue weighted by Crippen LogP contribution is -2.32. The van der Waals surface area contributed by atoms with Gasteiger partial charge in [0, 0.05) is 19.0 Å². The van der Waals surface area contributed by atoms with Gasteiger partial charge < -0.3 is 15.0 Å². The SMILES string of the molecule is C[C@H](c1ccccc1)N1C[C@H](C(=O)OCC(=O)NC2CC2)CC1=O. The Hall–Kier alpha value is -2.37. The number of amides is 2. The minimum atomic E-state index is -0.502. The molecule has 2 atom stereocenters. The van der Waals surface area contributed by atoms with Crippen molar-refractivity contribution >= 4 is 17.8 Å². The van der Waals surface area contributed by atoms with Gasteiger partial charge in [0.1, 0.15) is 0 Å². The molecule has 1 aromatic rings. The maximum Gasteiger partial charge on any atom is 0.311 e. The summed E-state index contributed by atoms with van der Waals surface area (Å²) >= 11 is 0. The molecular weight excluding hydrogens is 308 g/mol.